The molecule has 0 fully saturated rings. The first-order valence-electron chi connectivity index (χ1n) is 6.29. The lowest BCUT2D eigenvalue weighted by Gasteiger charge is -2.29. The highest BCUT2D eigenvalue weighted by Gasteiger charge is 2.14. The van der Waals surface area contributed by atoms with Gasteiger partial charge in [0.05, 0.1) is 10.7 Å². The summed E-state index contributed by atoms with van der Waals surface area (Å²) in [6.45, 7) is 6.37. The Balaban J connectivity index is 2.99. The third-order valence-corrected chi connectivity index (χ3v) is 3.67. The number of halogens is 1. The van der Waals surface area contributed by atoms with Gasteiger partial charge in [-0.2, -0.15) is 0 Å². The molecule has 1 rings (SSSR count). The third-order valence-electron chi connectivity index (χ3n) is 3.37. The molecule has 0 aliphatic heterocycles. The SMILES string of the molecule is CCC(CC)N(C)c1ccc([C@@H](C)N)cc1Cl. The van der Waals surface area contributed by atoms with Crippen LogP contribution in [0.5, 0.6) is 0 Å². The molecule has 2 N–H and O–H groups in total. The van der Waals surface area contributed by atoms with Crippen molar-refractivity contribution < 1.29 is 0 Å². The molecule has 0 aromatic heterocycles. The molecule has 0 aliphatic rings. The number of hydrogen-bond donors (Lipinski definition) is 1. The molecule has 1 atom stereocenters. The second-order valence-corrected chi connectivity index (χ2v) is 4.99. The monoisotopic (exact) mass is 254 g/mol. The molecule has 0 spiro atoms. The maximum atomic E-state index is 6.33. The summed E-state index contributed by atoms with van der Waals surface area (Å²) in [7, 11) is 2.10. The van der Waals surface area contributed by atoms with Crippen molar-refractivity contribution in [3.05, 3.63) is 28.8 Å². The maximum absolute atomic E-state index is 6.33. The first-order chi connectivity index (χ1) is 8.01. The van der Waals surface area contributed by atoms with Crippen LogP contribution in [-0.2, 0) is 0 Å². The van der Waals surface area contributed by atoms with Gasteiger partial charge in [0.15, 0.2) is 0 Å². The topological polar surface area (TPSA) is 29.3 Å². The van der Waals surface area contributed by atoms with Crippen LogP contribution in [0.15, 0.2) is 18.2 Å². The molecule has 0 radical (unpaired) electrons. The van der Waals surface area contributed by atoms with Crippen LogP contribution in [0.2, 0.25) is 5.02 Å². The largest absolute Gasteiger partial charge is 0.370 e. The molecule has 0 aliphatic carbocycles. The first kappa shape index (κ1) is 14.3. The van der Waals surface area contributed by atoms with Crippen LogP contribution < -0.4 is 10.6 Å². The molecule has 0 unspecified atom stereocenters. The van der Waals surface area contributed by atoms with Gasteiger partial charge < -0.3 is 10.6 Å². The summed E-state index contributed by atoms with van der Waals surface area (Å²) in [6.07, 6.45) is 2.25. The molecule has 0 saturated heterocycles. The van der Waals surface area contributed by atoms with Crippen LogP contribution >= 0.6 is 11.6 Å². The lowest BCUT2D eigenvalue weighted by atomic mass is 10.1. The zero-order chi connectivity index (χ0) is 13.0. The highest BCUT2D eigenvalue weighted by atomic mass is 35.5. The van der Waals surface area contributed by atoms with E-state index < -0.39 is 0 Å². The Morgan fingerprint density at radius 3 is 2.29 bits per heavy atom. The average molecular weight is 255 g/mol. The minimum Gasteiger partial charge on any atom is -0.370 e. The Labute approximate surface area is 110 Å². The fraction of sp³-hybridized carbons (Fsp3) is 0.571. The van der Waals surface area contributed by atoms with E-state index in [1.165, 1.54) is 0 Å². The van der Waals surface area contributed by atoms with Gasteiger partial charge in [0.2, 0.25) is 0 Å². The van der Waals surface area contributed by atoms with E-state index >= 15 is 0 Å². The number of hydrogen-bond acceptors (Lipinski definition) is 2. The highest BCUT2D eigenvalue weighted by molar-refractivity contribution is 6.33. The summed E-state index contributed by atoms with van der Waals surface area (Å²) >= 11 is 6.33. The third kappa shape index (κ3) is 3.36. The van der Waals surface area contributed by atoms with E-state index in [-0.39, 0.29) is 6.04 Å². The second kappa shape index (κ2) is 6.27. The van der Waals surface area contributed by atoms with Gasteiger partial charge in [-0.05, 0) is 37.5 Å². The van der Waals surface area contributed by atoms with Crippen LogP contribution in [0.3, 0.4) is 0 Å². The van der Waals surface area contributed by atoms with Crippen molar-refractivity contribution in [3.63, 3.8) is 0 Å². The highest BCUT2D eigenvalue weighted by Crippen LogP contribution is 2.30. The molecule has 96 valence electrons. The lowest BCUT2D eigenvalue weighted by Crippen LogP contribution is -2.30. The van der Waals surface area contributed by atoms with E-state index in [1.54, 1.807) is 0 Å². The zero-order valence-electron chi connectivity index (χ0n) is 11.2. The minimum atomic E-state index is 0.0278. The van der Waals surface area contributed by atoms with E-state index in [0.717, 1.165) is 29.1 Å². The Bertz CT molecular complexity index is 359. The first-order valence-corrected chi connectivity index (χ1v) is 6.66. The van der Waals surface area contributed by atoms with E-state index in [2.05, 4.69) is 37.9 Å². The Morgan fingerprint density at radius 1 is 1.29 bits per heavy atom. The van der Waals surface area contributed by atoms with Crippen molar-refractivity contribution >= 4 is 17.3 Å². The number of nitrogens with zero attached hydrogens (tertiary/aromatic N) is 1. The van der Waals surface area contributed by atoms with Gasteiger partial charge in [-0.25, -0.2) is 0 Å². The zero-order valence-corrected chi connectivity index (χ0v) is 12.0. The summed E-state index contributed by atoms with van der Waals surface area (Å²) in [5, 5.41) is 0.786. The van der Waals surface area contributed by atoms with Crippen molar-refractivity contribution in [1.82, 2.24) is 0 Å². The second-order valence-electron chi connectivity index (χ2n) is 4.58. The molecular formula is C14H23ClN2. The van der Waals surface area contributed by atoms with Crippen molar-refractivity contribution in [3.8, 4) is 0 Å². The molecule has 0 amide bonds. The van der Waals surface area contributed by atoms with E-state index in [0.29, 0.717) is 6.04 Å². The quantitative estimate of drug-likeness (QED) is 0.861. The van der Waals surface area contributed by atoms with Gasteiger partial charge in [0.1, 0.15) is 0 Å². The van der Waals surface area contributed by atoms with E-state index in [1.807, 2.05) is 13.0 Å². The fourth-order valence-corrected chi connectivity index (χ4v) is 2.45. The van der Waals surface area contributed by atoms with Gasteiger partial charge >= 0.3 is 0 Å². The van der Waals surface area contributed by atoms with Gasteiger partial charge in [0, 0.05) is 19.1 Å². The van der Waals surface area contributed by atoms with Crippen LogP contribution in [0.25, 0.3) is 0 Å². The summed E-state index contributed by atoms with van der Waals surface area (Å²) in [6, 6.07) is 6.67. The van der Waals surface area contributed by atoms with Crippen molar-refractivity contribution in [2.24, 2.45) is 5.73 Å². The molecule has 2 nitrogen and oxygen atoms in total. The molecule has 0 saturated carbocycles. The minimum absolute atomic E-state index is 0.0278. The number of benzene rings is 1. The van der Waals surface area contributed by atoms with E-state index in [4.69, 9.17) is 17.3 Å². The molecule has 0 heterocycles. The molecule has 1 aromatic carbocycles. The molecule has 3 heteroatoms. The van der Waals surface area contributed by atoms with Crippen LogP contribution in [-0.4, -0.2) is 13.1 Å². The van der Waals surface area contributed by atoms with Crippen molar-refractivity contribution in [1.29, 1.82) is 0 Å². The van der Waals surface area contributed by atoms with E-state index in [9.17, 15) is 0 Å². The van der Waals surface area contributed by atoms with Crippen LogP contribution in [0, 0.1) is 0 Å². The van der Waals surface area contributed by atoms with Gasteiger partial charge in [-0.3, -0.25) is 0 Å². The van der Waals surface area contributed by atoms with Crippen molar-refractivity contribution in [2.75, 3.05) is 11.9 Å². The van der Waals surface area contributed by atoms with Gasteiger partial charge in [-0.15, -0.1) is 0 Å². The molecule has 1 aromatic rings. The summed E-state index contributed by atoms with van der Waals surface area (Å²) < 4.78 is 0. The summed E-state index contributed by atoms with van der Waals surface area (Å²) in [5.41, 5.74) is 8.02. The Kier molecular flexibility index (Phi) is 5.29. The smallest absolute Gasteiger partial charge is 0.0642 e. The number of anilines is 1. The summed E-state index contributed by atoms with van der Waals surface area (Å²) in [4.78, 5) is 2.26. The number of rotatable bonds is 5. The van der Waals surface area contributed by atoms with Crippen molar-refractivity contribution in [2.45, 2.75) is 45.7 Å². The van der Waals surface area contributed by atoms with Crippen LogP contribution in [0.4, 0.5) is 5.69 Å². The maximum Gasteiger partial charge on any atom is 0.0642 e. The lowest BCUT2D eigenvalue weighted by molar-refractivity contribution is 0.591. The normalized spacial score (nSPS) is 12.9. The van der Waals surface area contributed by atoms with Crippen LogP contribution in [0.1, 0.15) is 45.2 Å². The molecule has 17 heavy (non-hydrogen) atoms. The Morgan fingerprint density at radius 2 is 1.88 bits per heavy atom. The fourth-order valence-electron chi connectivity index (χ4n) is 2.13. The predicted octanol–water partition coefficient (Wildman–Crippen LogP) is 3.98. The molecule has 0 bridgehead atoms. The predicted molar refractivity (Wildman–Crippen MR) is 76.8 cm³/mol. The average Bonchev–Trinajstić information content (AvgIpc) is 2.30. The van der Waals surface area contributed by atoms with Gasteiger partial charge in [0.25, 0.3) is 0 Å². The van der Waals surface area contributed by atoms with Gasteiger partial charge in [-0.1, -0.05) is 31.5 Å². The standard InChI is InChI=1S/C14H23ClN2/c1-5-12(6-2)17(4)14-8-7-11(10(3)16)9-13(14)15/h7-10,12H,5-6,16H2,1-4H3/t10-/m1/s1. The number of nitrogens with two attached hydrogens (primary N) is 1. The molecular weight excluding hydrogens is 232 g/mol. The Hall–Kier alpha value is -0.730. The summed E-state index contributed by atoms with van der Waals surface area (Å²) in [5.74, 6) is 0.